The fourth-order valence-electron chi connectivity index (χ4n) is 5.66. The average Bonchev–Trinajstić information content (AvgIpc) is 3.12. The number of hydrogen-bond donors (Lipinski definition) is 1. The number of allylic oxidation sites excluding steroid dienone is 10. The number of aliphatic hydroxyl groups is 1. The van der Waals surface area contributed by atoms with Crippen LogP contribution < -0.4 is 0 Å². The van der Waals surface area contributed by atoms with Crippen molar-refractivity contribution >= 4 is 11.9 Å². The van der Waals surface area contributed by atoms with Crippen molar-refractivity contribution in [2.24, 2.45) is 0 Å². The van der Waals surface area contributed by atoms with Crippen LogP contribution in [0, 0.1) is 0 Å². The van der Waals surface area contributed by atoms with Crippen LogP contribution in [0.15, 0.2) is 60.8 Å². The lowest BCUT2D eigenvalue weighted by Gasteiger charge is -2.15. The third-order valence-electron chi connectivity index (χ3n) is 8.80. The first-order valence-electron chi connectivity index (χ1n) is 20.8. The Bertz CT molecular complexity index is 884. The van der Waals surface area contributed by atoms with Gasteiger partial charge in [-0.05, 0) is 77.0 Å². The minimum absolute atomic E-state index is 0.0785. The number of esters is 2. The van der Waals surface area contributed by atoms with Gasteiger partial charge in [-0.15, -0.1) is 0 Å². The number of ether oxygens (including phenoxy) is 2. The maximum absolute atomic E-state index is 12.2. The second-order valence-electron chi connectivity index (χ2n) is 13.7. The maximum atomic E-state index is 12.2. The van der Waals surface area contributed by atoms with Crippen LogP contribution in [-0.2, 0) is 19.1 Å². The molecule has 0 aromatic carbocycles. The number of hydrogen-bond acceptors (Lipinski definition) is 5. The van der Waals surface area contributed by atoms with E-state index in [-0.39, 0.29) is 25.2 Å². The first-order chi connectivity index (χ1) is 24.6. The number of rotatable bonds is 37. The largest absolute Gasteiger partial charge is 0.462 e. The summed E-state index contributed by atoms with van der Waals surface area (Å²) >= 11 is 0. The quantitative estimate of drug-likeness (QED) is 0.0397. The summed E-state index contributed by atoms with van der Waals surface area (Å²) in [6.07, 6.45) is 52.8. The van der Waals surface area contributed by atoms with Crippen LogP contribution in [-0.4, -0.2) is 36.4 Å². The van der Waals surface area contributed by atoms with Crippen molar-refractivity contribution in [3.8, 4) is 0 Å². The molecule has 5 nitrogen and oxygen atoms in total. The predicted molar refractivity (Wildman–Crippen MR) is 214 cm³/mol. The Morgan fingerprint density at radius 2 is 0.860 bits per heavy atom. The van der Waals surface area contributed by atoms with Crippen LogP contribution in [0.4, 0.5) is 0 Å². The van der Waals surface area contributed by atoms with Crippen molar-refractivity contribution in [1.82, 2.24) is 0 Å². The molecular formula is C45H78O5. The molecule has 0 rings (SSSR count). The van der Waals surface area contributed by atoms with E-state index in [1.165, 1.54) is 89.9 Å². The molecule has 0 aliphatic rings. The molecule has 1 atom stereocenters. The molecule has 0 aliphatic heterocycles. The maximum Gasteiger partial charge on any atom is 0.306 e. The molecule has 0 heterocycles. The van der Waals surface area contributed by atoms with Gasteiger partial charge in [-0.25, -0.2) is 0 Å². The molecule has 0 aliphatic carbocycles. The highest BCUT2D eigenvalue weighted by Gasteiger charge is 2.16. The topological polar surface area (TPSA) is 72.8 Å². The summed E-state index contributed by atoms with van der Waals surface area (Å²) < 4.78 is 10.6. The molecular weight excluding hydrogens is 620 g/mol. The van der Waals surface area contributed by atoms with Gasteiger partial charge in [0.05, 0.1) is 6.61 Å². The van der Waals surface area contributed by atoms with Crippen LogP contribution in [0.2, 0.25) is 0 Å². The Morgan fingerprint density at radius 3 is 1.32 bits per heavy atom. The smallest absolute Gasteiger partial charge is 0.306 e. The third-order valence-corrected chi connectivity index (χ3v) is 8.80. The summed E-state index contributed by atoms with van der Waals surface area (Å²) in [6.45, 7) is 4.00. The van der Waals surface area contributed by atoms with Crippen molar-refractivity contribution in [3.05, 3.63) is 60.8 Å². The molecule has 5 heteroatoms. The molecule has 0 amide bonds. The molecule has 0 saturated carbocycles. The number of carbonyl (C=O) groups excluding carboxylic acids is 2. The van der Waals surface area contributed by atoms with Crippen LogP contribution in [0.3, 0.4) is 0 Å². The fourth-order valence-corrected chi connectivity index (χ4v) is 5.66. The van der Waals surface area contributed by atoms with Gasteiger partial charge in [0.1, 0.15) is 6.61 Å². The van der Waals surface area contributed by atoms with E-state index >= 15 is 0 Å². The summed E-state index contributed by atoms with van der Waals surface area (Å²) in [6, 6.07) is 0. The second kappa shape index (κ2) is 41.0. The molecule has 0 aromatic heterocycles. The van der Waals surface area contributed by atoms with Gasteiger partial charge in [-0.3, -0.25) is 9.59 Å². The van der Waals surface area contributed by atoms with E-state index in [0.29, 0.717) is 12.8 Å². The summed E-state index contributed by atoms with van der Waals surface area (Å²) in [5.74, 6) is -0.622. The summed E-state index contributed by atoms with van der Waals surface area (Å²) in [7, 11) is 0. The highest BCUT2D eigenvalue weighted by molar-refractivity contribution is 5.70. The lowest BCUT2D eigenvalue weighted by molar-refractivity contribution is -0.161. The molecule has 0 saturated heterocycles. The fraction of sp³-hybridized carbons (Fsp3) is 0.733. The van der Waals surface area contributed by atoms with Crippen molar-refractivity contribution in [2.45, 2.75) is 200 Å². The van der Waals surface area contributed by atoms with Crippen LogP contribution >= 0.6 is 0 Å². The Kier molecular flexibility index (Phi) is 39.1. The highest BCUT2D eigenvalue weighted by Crippen LogP contribution is 2.13. The first kappa shape index (κ1) is 47.6. The SMILES string of the molecule is CCC=CCC=CCC=CCC=CCCCCCCC(=O)O[C@@H](CO)COC(=O)CCCCCCCCCCCC=CCCCCCCCC. The minimum atomic E-state index is -0.786. The molecule has 0 unspecified atom stereocenters. The van der Waals surface area contributed by atoms with Crippen molar-refractivity contribution in [2.75, 3.05) is 13.2 Å². The Balaban J connectivity index is 3.59. The number of aliphatic hydroxyl groups excluding tert-OH is 1. The van der Waals surface area contributed by atoms with Crippen molar-refractivity contribution < 1.29 is 24.2 Å². The minimum Gasteiger partial charge on any atom is -0.462 e. The standard InChI is InChI=1S/C45H78O5/c1-3-5-7-9-11-13-15-17-19-21-22-24-25-27-29-31-33-35-37-39-44(47)49-42-43(41-46)50-45(48)40-38-36-34-32-30-28-26-23-20-18-16-14-12-10-8-6-4-2/h6,8,12,14,17-20,26,28,43,46H,3-5,7,9-11,13,15-16,21-25,27,29-42H2,1-2H3/t43-/m0/s1. The molecule has 0 spiro atoms. The number of unbranched alkanes of at least 4 members (excludes halogenated alkanes) is 19. The molecule has 1 N–H and O–H groups in total. The van der Waals surface area contributed by atoms with Gasteiger partial charge in [0.2, 0.25) is 0 Å². The molecule has 0 aromatic rings. The van der Waals surface area contributed by atoms with E-state index in [2.05, 4.69) is 74.6 Å². The first-order valence-corrected chi connectivity index (χ1v) is 20.8. The molecule has 50 heavy (non-hydrogen) atoms. The summed E-state index contributed by atoms with van der Waals surface area (Å²) in [5.41, 5.74) is 0. The van der Waals surface area contributed by atoms with Gasteiger partial charge < -0.3 is 14.6 Å². The molecule has 0 fully saturated rings. The number of carbonyl (C=O) groups is 2. The van der Waals surface area contributed by atoms with Crippen molar-refractivity contribution in [3.63, 3.8) is 0 Å². The normalized spacial score (nSPS) is 12.8. The van der Waals surface area contributed by atoms with Gasteiger partial charge >= 0.3 is 11.9 Å². The average molecular weight is 699 g/mol. The zero-order valence-electron chi connectivity index (χ0n) is 32.6. The molecule has 0 bridgehead atoms. The molecule has 0 radical (unpaired) electrons. The predicted octanol–water partition coefficient (Wildman–Crippen LogP) is 13.2. The van der Waals surface area contributed by atoms with Gasteiger partial charge in [0, 0.05) is 12.8 Å². The highest BCUT2D eigenvalue weighted by atomic mass is 16.6. The van der Waals surface area contributed by atoms with Crippen LogP contribution in [0.5, 0.6) is 0 Å². The van der Waals surface area contributed by atoms with E-state index < -0.39 is 6.10 Å². The monoisotopic (exact) mass is 699 g/mol. The van der Waals surface area contributed by atoms with Gasteiger partial charge in [0.15, 0.2) is 6.10 Å². The van der Waals surface area contributed by atoms with Gasteiger partial charge in [0.25, 0.3) is 0 Å². The van der Waals surface area contributed by atoms with E-state index in [9.17, 15) is 14.7 Å². The lowest BCUT2D eigenvalue weighted by Crippen LogP contribution is -2.28. The Morgan fingerprint density at radius 1 is 0.480 bits per heavy atom. The van der Waals surface area contributed by atoms with Crippen molar-refractivity contribution in [1.29, 1.82) is 0 Å². The van der Waals surface area contributed by atoms with E-state index in [0.717, 1.165) is 77.0 Å². The second-order valence-corrected chi connectivity index (χ2v) is 13.7. The lowest BCUT2D eigenvalue weighted by atomic mass is 10.1. The summed E-state index contributed by atoms with van der Waals surface area (Å²) in [5, 5.41) is 9.57. The Hall–Kier alpha value is -2.40. The Labute approximate surface area is 309 Å². The van der Waals surface area contributed by atoms with E-state index in [4.69, 9.17) is 9.47 Å². The van der Waals surface area contributed by atoms with E-state index in [1.807, 2.05) is 0 Å². The van der Waals surface area contributed by atoms with Crippen LogP contribution in [0.25, 0.3) is 0 Å². The van der Waals surface area contributed by atoms with Gasteiger partial charge in [-0.2, -0.15) is 0 Å². The third kappa shape index (κ3) is 38.4. The molecule has 288 valence electrons. The van der Waals surface area contributed by atoms with Crippen LogP contribution in [0.1, 0.15) is 194 Å². The summed E-state index contributed by atoms with van der Waals surface area (Å²) in [4.78, 5) is 24.3. The zero-order chi connectivity index (χ0) is 36.4. The zero-order valence-corrected chi connectivity index (χ0v) is 32.6. The van der Waals surface area contributed by atoms with Gasteiger partial charge in [-0.1, -0.05) is 164 Å². The van der Waals surface area contributed by atoms with E-state index in [1.54, 1.807) is 0 Å².